The molecule has 0 saturated heterocycles. The standard InChI is InChI=1S/C26H26BrClN4O/c1-6-15(2)25-30-23-11-10-20(27)13-21(23)26(33)32(25)29-14-19-12-16(3)31(18(19)5)24-9-7-8-22(28)17(24)4/h7-15H,6H2,1-5H3/t15-/m1/s1. The van der Waals surface area contributed by atoms with Gasteiger partial charge in [0.05, 0.1) is 17.1 Å². The molecule has 0 fully saturated rings. The lowest BCUT2D eigenvalue weighted by molar-refractivity contribution is 0.613. The highest BCUT2D eigenvalue weighted by molar-refractivity contribution is 9.10. The molecule has 0 unspecified atom stereocenters. The predicted molar refractivity (Wildman–Crippen MR) is 140 cm³/mol. The van der Waals surface area contributed by atoms with Crippen molar-refractivity contribution in [3.8, 4) is 5.69 Å². The molecule has 1 atom stereocenters. The van der Waals surface area contributed by atoms with Gasteiger partial charge < -0.3 is 4.57 Å². The topological polar surface area (TPSA) is 52.2 Å². The summed E-state index contributed by atoms with van der Waals surface area (Å²) < 4.78 is 4.44. The Kier molecular flexibility index (Phi) is 6.59. The maximum absolute atomic E-state index is 13.4. The molecule has 0 saturated carbocycles. The number of halogens is 2. The van der Waals surface area contributed by atoms with Crippen molar-refractivity contribution in [2.75, 3.05) is 0 Å². The smallest absolute Gasteiger partial charge is 0.282 e. The number of fused-ring (bicyclic) bond motifs is 1. The molecule has 0 aliphatic rings. The maximum Gasteiger partial charge on any atom is 0.282 e. The van der Waals surface area contributed by atoms with Gasteiger partial charge in [-0.2, -0.15) is 9.78 Å². The van der Waals surface area contributed by atoms with E-state index < -0.39 is 0 Å². The SMILES string of the molecule is CC[C@@H](C)c1nc2ccc(Br)cc2c(=O)n1N=Cc1cc(C)n(-c2cccc(Cl)c2C)c1C. The van der Waals surface area contributed by atoms with Crippen LogP contribution in [0.5, 0.6) is 0 Å². The maximum atomic E-state index is 13.4. The number of rotatable bonds is 5. The number of nitrogens with zero attached hydrogens (tertiary/aromatic N) is 4. The largest absolute Gasteiger partial charge is 0.318 e. The van der Waals surface area contributed by atoms with Crippen LogP contribution >= 0.6 is 27.5 Å². The summed E-state index contributed by atoms with van der Waals surface area (Å²) in [6.45, 7) is 10.3. The highest BCUT2D eigenvalue weighted by Gasteiger charge is 2.17. The van der Waals surface area contributed by atoms with Crippen LogP contribution in [0.3, 0.4) is 0 Å². The van der Waals surface area contributed by atoms with E-state index in [9.17, 15) is 4.79 Å². The zero-order valence-corrected chi connectivity index (χ0v) is 21.7. The Bertz CT molecular complexity index is 1450. The van der Waals surface area contributed by atoms with Crippen LogP contribution in [0.15, 0.2) is 56.8 Å². The van der Waals surface area contributed by atoms with Gasteiger partial charge in [-0.05, 0) is 69.2 Å². The van der Waals surface area contributed by atoms with E-state index >= 15 is 0 Å². The summed E-state index contributed by atoms with van der Waals surface area (Å²) in [5, 5.41) is 5.90. The third-order valence-corrected chi connectivity index (χ3v) is 7.05. The lowest BCUT2D eigenvalue weighted by Gasteiger charge is -2.14. The van der Waals surface area contributed by atoms with Gasteiger partial charge in [-0.15, -0.1) is 0 Å². The van der Waals surface area contributed by atoms with E-state index in [0.29, 0.717) is 16.7 Å². The first-order valence-corrected chi connectivity index (χ1v) is 12.1. The van der Waals surface area contributed by atoms with Crippen LogP contribution in [0.2, 0.25) is 5.02 Å². The fraction of sp³-hybridized carbons (Fsp3) is 0.269. The van der Waals surface area contributed by atoms with E-state index in [2.05, 4.69) is 58.5 Å². The van der Waals surface area contributed by atoms with Crippen molar-refractivity contribution in [3.63, 3.8) is 0 Å². The molecule has 33 heavy (non-hydrogen) atoms. The third kappa shape index (κ3) is 4.30. The summed E-state index contributed by atoms with van der Waals surface area (Å²) in [4.78, 5) is 18.2. The van der Waals surface area contributed by atoms with Crippen molar-refractivity contribution >= 4 is 44.6 Å². The van der Waals surface area contributed by atoms with Crippen LogP contribution in [0.1, 0.15) is 54.5 Å². The Morgan fingerprint density at radius 1 is 1.18 bits per heavy atom. The van der Waals surface area contributed by atoms with Crippen LogP contribution in [0, 0.1) is 20.8 Å². The molecule has 4 aromatic rings. The van der Waals surface area contributed by atoms with Crippen molar-refractivity contribution < 1.29 is 0 Å². The molecule has 0 N–H and O–H groups in total. The lowest BCUT2D eigenvalue weighted by Crippen LogP contribution is -2.23. The molecule has 0 radical (unpaired) electrons. The molecule has 0 spiro atoms. The fourth-order valence-corrected chi connectivity index (χ4v) is 4.56. The predicted octanol–water partition coefficient (Wildman–Crippen LogP) is 6.92. The van der Waals surface area contributed by atoms with Gasteiger partial charge in [0, 0.05) is 38.1 Å². The van der Waals surface area contributed by atoms with Gasteiger partial charge in [0.1, 0.15) is 5.82 Å². The Hall–Kier alpha value is -2.70. The average Bonchev–Trinajstić information content (AvgIpc) is 3.07. The third-order valence-electron chi connectivity index (χ3n) is 6.15. The van der Waals surface area contributed by atoms with E-state index in [0.717, 1.165) is 44.1 Å². The summed E-state index contributed by atoms with van der Waals surface area (Å²) in [6.07, 6.45) is 2.60. The summed E-state index contributed by atoms with van der Waals surface area (Å²) >= 11 is 9.82. The first-order valence-electron chi connectivity index (χ1n) is 10.9. The number of aromatic nitrogens is 3. The van der Waals surface area contributed by atoms with Crippen molar-refractivity contribution in [3.05, 3.63) is 90.7 Å². The van der Waals surface area contributed by atoms with Crippen LogP contribution < -0.4 is 5.56 Å². The molecule has 170 valence electrons. The van der Waals surface area contributed by atoms with Crippen LogP contribution in [0.25, 0.3) is 16.6 Å². The summed E-state index contributed by atoms with van der Waals surface area (Å²) in [6, 6.07) is 13.5. The Balaban J connectivity index is 1.86. The first kappa shape index (κ1) is 23.5. The molecule has 0 aliphatic carbocycles. The molecule has 0 bridgehead atoms. The summed E-state index contributed by atoms with van der Waals surface area (Å²) in [5.74, 6) is 0.748. The minimum Gasteiger partial charge on any atom is -0.318 e. The van der Waals surface area contributed by atoms with Gasteiger partial charge in [-0.25, -0.2) is 4.98 Å². The zero-order valence-electron chi connectivity index (χ0n) is 19.4. The quantitative estimate of drug-likeness (QED) is 0.265. The number of benzene rings is 2. The van der Waals surface area contributed by atoms with Gasteiger partial charge in [-0.3, -0.25) is 4.79 Å². The zero-order chi connectivity index (χ0) is 23.9. The van der Waals surface area contributed by atoms with Gasteiger partial charge in [0.25, 0.3) is 5.56 Å². The molecular formula is C26H26BrClN4O. The van der Waals surface area contributed by atoms with Crippen LogP contribution in [-0.2, 0) is 0 Å². The van der Waals surface area contributed by atoms with E-state index in [-0.39, 0.29) is 11.5 Å². The molecule has 5 nitrogen and oxygen atoms in total. The molecule has 2 aromatic heterocycles. The molecule has 2 heterocycles. The second kappa shape index (κ2) is 9.27. The van der Waals surface area contributed by atoms with E-state index in [1.165, 1.54) is 4.68 Å². The molecule has 2 aromatic carbocycles. The van der Waals surface area contributed by atoms with Crippen molar-refractivity contribution in [1.29, 1.82) is 0 Å². The Morgan fingerprint density at radius 2 is 1.94 bits per heavy atom. The summed E-state index contributed by atoms with van der Waals surface area (Å²) in [7, 11) is 0. The molecular weight excluding hydrogens is 500 g/mol. The fourth-order valence-electron chi connectivity index (χ4n) is 4.03. The number of hydrogen-bond acceptors (Lipinski definition) is 3. The highest BCUT2D eigenvalue weighted by atomic mass is 79.9. The van der Waals surface area contributed by atoms with Crippen LogP contribution in [-0.4, -0.2) is 20.4 Å². The lowest BCUT2D eigenvalue weighted by atomic mass is 10.1. The van der Waals surface area contributed by atoms with Gasteiger partial charge in [0.15, 0.2) is 0 Å². The second-order valence-electron chi connectivity index (χ2n) is 8.35. The van der Waals surface area contributed by atoms with Crippen molar-refractivity contribution in [2.45, 2.75) is 47.0 Å². The summed E-state index contributed by atoms with van der Waals surface area (Å²) in [5.41, 5.74) is 5.58. The second-order valence-corrected chi connectivity index (χ2v) is 9.67. The first-order chi connectivity index (χ1) is 15.7. The van der Waals surface area contributed by atoms with E-state index in [1.807, 2.05) is 38.1 Å². The molecule has 0 amide bonds. The Labute approximate surface area is 206 Å². The number of aryl methyl sites for hydroxylation is 1. The van der Waals surface area contributed by atoms with Crippen LogP contribution in [0.4, 0.5) is 0 Å². The van der Waals surface area contributed by atoms with Gasteiger partial charge >= 0.3 is 0 Å². The average molecular weight is 526 g/mol. The molecule has 7 heteroatoms. The van der Waals surface area contributed by atoms with Crippen molar-refractivity contribution in [1.82, 2.24) is 14.2 Å². The van der Waals surface area contributed by atoms with E-state index in [1.54, 1.807) is 12.3 Å². The molecule has 0 aliphatic heterocycles. The Morgan fingerprint density at radius 3 is 2.67 bits per heavy atom. The van der Waals surface area contributed by atoms with Gasteiger partial charge in [-0.1, -0.05) is 47.4 Å². The minimum absolute atomic E-state index is 0.0874. The van der Waals surface area contributed by atoms with Crippen molar-refractivity contribution in [2.24, 2.45) is 5.10 Å². The van der Waals surface area contributed by atoms with E-state index in [4.69, 9.17) is 16.6 Å². The molecule has 4 rings (SSSR count). The number of hydrogen-bond donors (Lipinski definition) is 0. The highest BCUT2D eigenvalue weighted by Crippen LogP contribution is 2.27. The normalized spacial score (nSPS) is 12.7. The monoisotopic (exact) mass is 524 g/mol. The minimum atomic E-state index is -0.174. The van der Waals surface area contributed by atoms with Gasteiger partial charge in [0.2, 0.25) is 0 Å².